The van der Waals surface area contributed by atoms with Gasteiger partial charge in [-0.1, -0.05) is 6.07 Å². The molecule has 122 valence electrons. The standard InChI is InChI=1S/C14H16N4O4S/c1-3-15-9-6-5-7-10(22-4-2)12(9)13(19)17-14-16-8-11(23-14)18(20)21/h5-8,15H,3-4H2,1-2H3,(H,16,17,19). The van der Waals surface area contributed by atoms with Crippen LogP contribution in [0.25, 0.3) is 0 Å². The summed E-state index contributed by atoms with van der Waals surface area (Å²) in [5.74, 6) is 0.00348. The second-order valence-corrected chi connectivity index (χ2v) is 5.37. The SMILES string of the molecule is CCNc1cccc(OCC)c1C(=O)Nc1ncc([N+](=O)[O-])s1. The molecule has 23 heavy (non-hydrogen) atoms. The van der Waals surface area contributed by atoms with Gasteiger partial charge in [-0.15, -0.1) is 0 Å². The van der Waals surface area contributed by atoms with E-state index in [0.717, 1.165) is 17.5 Å². The fourth-order valence-corrected chi connectivity index (χ4v) is 2.57. The number of anilines is 2. The third kappa shape index (κ3) is 3.95. The van der Waals surface area contributed by atoms with E-state index in [2.05, 4.69) is 15.6 Å². The summed E-state index contributed by atoms with van der Waals surface area (Å²) >= 11 is 0.799. The topological polar surface area (TPSA) is 106 Å². The number of ether oxygens (including phenoxy) is 1. The third-order valence-corrected chi connectivity index (χ3v) is 3.68. The molecule has 0 aliphatic rings. The van der Waals surface area contributed by atoms with Crippen LogP contribution < -0.4 is 15.4 Å². The van der Waals surface area contributed by atoms with Crippen molar-refractivity contribution >= 4 is 33.1 Å². The summed E-state index contributed by atoms with van der Waals surface area (Å²) in [5, 5.41) is 16.4. The normalized spacial score (nSPS) is 10.2. The predicted molar refractivity (Wildman–Crippen MR) is 88.5 cm³/mol. The smallest absolute Gasteiger partial charge is 0.345 e. The number of carbonyl (C=O) groups excluding carboxylic acids is 1. The van der Waals surface area contributed by atoms with Crippen LogP contribution in [0.5, 0.6) is 5.75 Å². The summed E-state index contributed by atoms with van der Waals surface area (Å²) in [6, 6.07) is 5.25. The van der Waals surface area contributed by atoms with Crippen molar-refractivity contribution < 1.29 is 14.5 Å². The van der Waals surface area contributed by atoms with Gasteiger partial charge in [0.2, 0.25) is 0 Å². The minimum Gasteiger partial charge on any atom is -0.493 e. The van der Waals surface area contributed by atoms with E-state index in [9.17, 15) is 14.9 Å². The van der Waals surface area contributed by atoms with Gasteiger partial charge in [0.05, 0.1) is 17.2 Å². The molecule has 0 fully saturated rings. The highest BCUT2D eigenvalue weighted by Gasteiger charge is 2.20. The molecule has 0 saturated heterocycles. The molecule has 0 saturated carbocycles. The van der Waals surface area contributed by atoms with Gasteiger partial charge in [-0.3, -0.25) is 20.2 Å². The molecule has 8 nitrogen and oxygen atoms in total. The van der Waals surface area contributed by atoms with Crippen molar-refractivity contribution in [3.8, 4) is 5.75 Å². The number of hydrogen-bond acceptors (Lipinski definition) is 7. The van der Waals surface area contributed by atoms with Gasteiger partial charge in [0, 0.05) is 6.54 Å². The van der Waals surface area contributed by atoms with Crippen molar-refractivity contribution in [1.29, 1.82) is 0 Å². The van der Waals surface area contributed by atoms with E-state index in [1.807, 2.05) is 13.8 Å². The maximum absolute atomic E-state index is 12.6. The number of benzene rings is 1. The molecule has 2 rings (SSSR count). The van der Waals surface area contributed by atoms with E-state index in [4.69, 9.17) is 4.74 Å². The number of carbonyl (C=O) groups is 1. The van der Waals surface area contributed by atoms with Crippen LogP contribution in [0.2, 0.25) is 0 Å². The van der Waals surface area contributed by atoms with Gasteiger partial charge in [0.25, 0.3) is 5.91 Å². The van der Waals surface area contributed by atoms with Crippen LogP contribution in [-0.2, 0) is 0 Å². The summed E-state index contributed by atoms with van der Waals surface area (Å²) in [7, 11) is 0. The summed E-state index contributed by atoms with van der Waals surface area (Å²) in [5.41, 5.74) is 0.969. The molecule has 2 aromatic rings. The molecule has 1 heterocycles. The fourth-order valence-electron chi connectivity index (χ4n) is 1.95. The van der Waals surface area contributed by atoms with E-state index in [1.165, 1.54) is 0 Å². The number of hydrogen-bond donors (Lipinski definition) is 2. The molecule has 0 radical (unpaired) electrons. The number of thiazole rings is 1. The van der Waals surface area contributed by atoms with E-state index < -0.39 is 10.8 Å². The highest BCUT2D eigenvalue weighted by Crippen LogP contribution is 2.30. The molecule has 2 N–H and O–H groups in total. The first-order valence-corrected chi connectivity index (χ1v) is 7.79. The first-order chi connectivity index (χ1) is 11.1. The lowest BCUT2D eigenvalue weighted by Gasteiger charge is -2.14. The predicted octanol–water partition coefficient (Wildman–Crippen LogP) is 3.13. The largest absolute Gasteiger partial charge is 0.493 e. The van der Waals surface area contributed by atoms with Crippen molar-refractivity contribution in [2.45, 2.75) is 13.8 Å². The van der Waals surface area contributed by atoms with Crippen molar-refractivity contribution in [2.24, 2.45) is 0 Å². The second-order valence-electron chi connectivity index (χ2n) is 4.36. The molecule has 0 spiro atoms. The molecule has 0 unspecified atom stereocenters. The Bertz CT molecular complexity index is 692. The Hall–Kier alpha value is -2.68. The Morgan fingerprint density at radius 2 is 2.22 bits per heavy atom. The average Bonchev–Trinajstić information content (AvgIpc) is 2.97. The van der Waals surface area contributed by atoms with Gasteiger partial charge >= 0.3 is 5.00 Å². The van der Waals surface area contributed by atoms with Crippen LogP contribution in [0.15, 0.2) is 24.4 Å². The fraction of sp³-hybridized carbons (Fsp3) is 0.286. The van der Waals surface area contributed by atoms with Crippen LogP contribution in [0.1, 0.15) is 24.2 Å². The molecule has 1 amide bonds. The Balaban J connectivity index is 2.30. The van der Waals surface area contributed by atoms with Gasteiger partial charge < -0.3 is 10.1 Å². The molecule has 0 aliphatic carbocycles. The molecule has 0 aliphatic heterocycles. The zero-order valence-corrected chi connectivity index (χ0v) is 13.5. The van der Waals surface area contributed by atoms with E-state index in [0.29, 0.717) is 30.2 Å². The Morgan fingerprint density at radius 1 is 1.43 bits per heavy atom. The quantitative estimate of drug-likeness (QED) is 0.594. The Labute approximate surface area is 136 Å². The van der Waals surface area contributed by atoms with Gasteiger partial charge in [0.1, 0.15) is 17.5 Å². The number of rotatable bonds is 7. The number of aromatic nitrogens is 1. The number of nitrogens with zero attached hydrogens (tertiary/aromatic N) is 2. The molecule has 0 bridgehead atoms. The third-order valence-electron chi connectivity index (χ3n) is 2.81. The number of nitrogens with one attached hydrogen (secondary N) is 2. The lowest BCUT2D eigenvalue weighted by molar-refractivity contribution is -0.380. The zero-order chi connectivity index (χ0) is 16.8. The highest BCUT2D eigenvalue weighted by atomic mass is 32.1. The lowest BCUT2D eigenvalue weighted by atomic mass is 10.1. The van der Waals surface area contributed by atoms with Gasteiger partial charge in [-0.05, 0) is 37.3 Å². The van der Waals surface area contributed by atoms with Crippen LogP contribution >= 0.6 is 11.3 Å². The van der Waals surface area contributed by atoms with Gasteiger partial charge in [-0.25, -0.2) is 4.98 Å². The lowest BCUT2D eigenvalue weighted by Crippen LogP contribution is -2.16. The minimum absolute atomic E-state index is 0.134. The average molecular weight is 336 g/mol. The van der Waals surface area contributed by atoms with Crippen molar-refractivity contribution in [3.63, 3.8) is 0 Å². The minimum atomic E-state index is -0.550. The summed E-state index contributed by atoms with van der Waals surface area (Å²) in [6.07, 6.45) is 1.11. The first kappa shape index (κ1) is 16.7. The summed E-state index contributed by atoms with van der Waals surface area (Å²) in [4.78, 5) is 26.5. The van der Waals surface area contributed by atoms with Crippen LogP contribution in [0.3, 0.4) is 0 Å². The maximum atomic E-state index is 12.6. The van der Waals surface area contributed by atoms with Crippen LogP contribution in [0.4, 0.5) is 15.8 Å². The molecule has 0 atom stereocenters. The first-order valence-electron chi connectivity index (χ1n) is 6.98. The van der Waals surface area contributed by atoms with E-state index in [-0.39, 0.29) is 10.1 Å². The molecule has 1 aromatic carbocycles. The van der Waals surface area contributed by atoms with Crippen LogP contribution in [-0.4, -0.2) is 29.0 Å². The molecule has 1 aromatic heterocycles. The summed E-state index contributed by atoms with van der Waals surface area (Å²) < 4.78 is 5.50. The van der Waals surface area contributed by atoms with Crippen molar-refractivity contribution in [2.75, 3.05) is 23.8 Å². The molecular formula is C14H16N4O4S. The van der Waals surface area contributed by atoms with Crippen LogP contribution in [0, 0.1) is 10.1 Å². The summed E-state index contributed by atoms with van der Waals surface area (Å²) in [6.45, 7) is 4.79. The highest BCUT2D eigenvalue weighted by molar-refractivity contribution is 7.18. The van der Waals surface area contributed by atoms with Gasteiger partial charge in [0.15, 0.2) is 5.13 Å². The number of nitro groups is 1. The van der Waals surface area contributed by atoms with E-state index >= 15 is 0 Å². The Morgan fingerprint density at radius 3 is 2.83 bits per heavy atom. The molecule has 9 heteroatoms. The second kappa shape index (κ2) is 7.54. The zero-order valence-electron chi connectivity index (χ0n) is 12.7. The molecular weight excluding hydrogens is 320 g/mol. The van der Waals surface area contributed by atoms with E-state index in [1.54, 1.807) is 18.2 Å². The van der Waals surface area contributed by atoms with Gasteiger partial charge in [-0.2, -0.15) is 0 Å². The Kier molecular flexibility index (Phi) is 5.47. The monoisotopic (exact) mass is 336 g/mol. The van der Waals surface area contributed by atoms with Crippen molar-refractivity contribution in [1.82, 2.24) is 4.98 Å². The van der Waals surface area contributed by atoms with Crippen molar-refractivity contribution in [3.05, 3.63) is 40.1 Å². The number of amides is 1. The maximum Gasteiger partial charge on any atom is 0.345 e.